The highest BCUT2D eigenvalue weighted by atomic mass is 19.4. The first-order chi connectivity index (χ1) is 4.66. The van der Waals surface area contributed by atoms with Gasteiger partial charge in [0.15, 0.2) is 0 Å². The van der Waals surface area contributed by atoms with E-state index in [1.54, 1.807) is 0 Å². The molecular formula is C3H3F5O3. The highest BCUT2D eigenvalue weighted by molar-refractivity contribution is 5.32. The molecule has 0 aromatic carbocycles. The molecule has 3 nitrogen and oxygen atoms in total. The summed E-state index contributed by atoms with van der Waals surface area (Å²) in [5.41, 5.74) is 0. The van der Waals surface area contributed by atoms with Gasteiger partial charge < -0.3 is 10.2 Å². The maximum absolute atomic E-state index is 10.7. The molecule has 0 aliphatic heterocycles. The number of rotatable bonds is 0. The van der Waals surface area contributed by atoms with E-state index in [-0.39, 0.29) is 6.47 Å². The third-order valence-corrected chi connectivity index (χ3v) is 0.341. The van der Waals surface area contributed by atoms with Gasteiger partial charge in [-0.2, -0.15) is 22.0 Å². The fourth-order valence-electron chi connectivity index (χ4n) is 0. The summed E-state index contributed by atoms with van der Waals surface area (Å²) in [5, 5.41) is 13.8. The van der Waals surface area contributed by atoms with Crippen LogP contribution in [0, 0.1) is 0 Å². The monoisotopic (exact) mass is 182 g/mol. The molecule has 0 unspecified atom stereocenters. The molecule has 0 aliphatic rings. The van der Waals surface area contributed by atoms with Crippen molar-refractivity contribution in [3.8, 4) is 0 Å². The topological polar surface area (TPSA) is 57.5 Å². The molecule has 0 aliphatic carbocycles. The quantitative estimate of drug-likeness (QED) is 0.431. The second kappa shape index (κ2) is 4.06. The van der Waals surface area contributed by atoms with Crippen LogP contribution in [-0.2, 0) is 4.79 Å². The fourth-order valence-corrected chi connectivity index (χ4v) is 0. The highest BCUT2D eigenvalue weighted by Crippen LogP contribution is 2.32. The van der Waals surface area contributed by atoms with Gasteiger partial charge in [0.1, 0.15) is 0 Å². The average Bonchev–Trinajstić information content (AvgIpc) is 1.60. The zero-order valence-electron chi connectivity index (χ0n) is 4.77. The molecule has 0 aromatic rings. The summed E-state index contributed by atoms with van der Waals surface area (Å²) in [6.45, 7) is -0.250. The van der Waals surface area contributed by atoms with Crippen molar-refractivity contribution in [2.45, 2.75) is 12.3 Å². The summed E-state index contributed by atoms with van der Waals surface area (Å²) in [6, 6.07) is 0. The summed E-state index contributed by atoms with van der Waals surface area (Å²) in [6.07, 6.45) is -11.4. The predicted molar refractivity (Wildman–Crippen MR) is 21.9 cm³/mol. The molecule has 0 fully saturated rings. The van der Waals surface area contributed by atoms with Crippen molar-refractivity contribution in [1.82, 2.24) is 0 Å². The normalized spacial score (nSPS) is 11.5. The van der Waals surface area contributed by atoms with Gasteiger partial charge in [-0.25, -0.2) is 0 Å². The Morgan fingerprint density at radius 1 is 1.09 bits per heavy atom. The van der Waals surface area contributed by atoms with Crippen LogP contribution in [0.15, 0.2) is 0 Å². The molecule has 8 heteroatoms. The molecule has 0 radical (unpaired) electrons. The van der Waals surface area contributed by atoms with Crippen LogP contribution < -0.4 is 0 Å². The predicted octanol–water partition coefficient (Wildman–Crippen LogP) is 0.835. The van der Waals surface area contributed by atoms with Crippen LogP contribution in [0.1, 0.15) is 0 Å². The minimum atomic E-state index is -5.84. The van der Waals surface area contributed by atoms with E-state index in [4.69, 9.17) is 15.0 Å². The van der Waals surface area contributed by atoms with E-state index in [1.807, 2.05) is 0 Å². The zero-order valence-corrected chi connectivity index (χ0v) is 4.77. The first-order valence-corrected chi connectivity index (χ1v) is 1.91. The van der Waals surface area contributed by atoms with E-state index in [0.717, 1.165) is 0 Å². The molecule has 0 bridgehead atoms. The zero-order chi connectivity index (χ0) is 9.71. The highest BCUT2D eigenvalue weighted by Gasteiger charge is 2.56. The average molecular weight is 182 g/mol. The molecule has 0 rings (SSSR count). The van der Waals surface area contributed by atoms with Crippen LogP contribution in [0.4, 0.5) is 22.0 Å². The van der Waals surface area contributed by atoms with Crippen LogP contribution >= 0.6 is 0 Å². The number of hydrogen-bond donors (Lipinski definition) is 2. The summed E-state index contributed by atoms with van der Waals surface area (Å²) in [5.74, 6) is 0. The van der Waals surface area contributed by atoms with E-state index in [0.29, 0.717) is 0 Å². The van der Waals surface area contributed by atoms with Gasteiger partial charge in [-0.15, -0.1) is 0 Å². The Hall–Kier alpha value is -0.920. The molecule has 0 aromatic heterocycles. The Kier molecular flexibility index (Phi) is 4.70. The lowest BCUT2D eigenvalue weighted by atomic mass is 10.6. The summed E-state index contributed by atoms with van der Waals surface area (Å²) < 4.78 is 53.0. The van der Waals surface area contributed by atoms with Crippen LogP contribution in [-0.4, -0.2) is 29.0 Å². The molecule has 2 N–H and O–H groups in total. The summed E-state index contributed by atoms with van der Waals surface area (Å²) in [4.78, 5) is 8.36. The number of alkyl halides is 5. The van der Waals surface area contributed by atoms with Gasteiger partial charge in [-0.3, -0.25) is 4.79 Å². The number of aliphatic hydroxyl groups is 1. The Balaban J connectivity index is 0. The molecule has 0 amide bonds. The van der Waals surface area contributed by atoms with Crippen molar-refractivity contribution in [3.05, 3.63) is 0 Å². The number of hydrogen-bond acceptors (Lipinski definition) is 2. The lowest BCUT2D eigenvalue weighted by Crippen LogP contribution is -2.35. The summed E-state index contributed by atoms with van der Waals surface area (Å²) in [7, 11) is 0. The third-order valence-electron chi connectivity index (χ3n) is 0.341. The first kappa shape index (κ1) is 12.7. The molecule has 0 saturated carbocycles. The van der Waals surface area contributed by atoms with Crippen LogP contribution in [0.2, 0.25) is 0 Å². The molecule has 68 valence electrons. The molecular weight excluding hydrogens is 179 g/mol. The van der Waals surface area contributed by atoms with Crippen molar-refractivity contribution >= 4 is 6.47 Å². The van der Waals surface area contributed by atoms with Crippen molar-refractivity contribution in [3.63, 3.8) is 0 Å². The van der Waals surface area contributed by atoms with Crippen molar-refractivity contribution < 1.29 is 37.0 Å². The van der Waals surface area contributed by atoms with Crippen molar-refractivity contribution in [2.75, 3.05) is 0 Å². The summed E-state index contributed by atoms with van der Waals surface area (Å²) >= 11 is 0. The van der Waals surface area contributed by atoms with Gasteiger partial charge in [-0.1, -0.05) is 0 Å². The molecule has 0 saturated heterocycles. The van der Waals surface area contributed by atoms with Crippen LogP contribution in [0.5, 0.6) is 0 Å². The van der Waals surface area contributed by atoms with Crippen molar-refractivity contribution in [2.24, 2.45) is 0 Å². The van der Waals surface area contributed by atoms with E-state index in [2.05, 4.69) is 0 Å². The van der Waals surface area contributed by atoms with Gasteiger partial charge in [0.05, 0.1) is 0 Å². The Morgan fingerprint density at radius 3 is 1.18 bits per heavy atom. The smallest absolute Gasteiger partial charge is 0.482 e. The fraction of sp³-hybridized carbons (Fsp3) is 0.667. The second-order valence-corrected chi connectivity index (χ2v) is 1.14. The van der Waals surface area contributed by atoms with E-state index < -0.39 is 12.3 Å². The molecule has 11 heavy (non-hydrogen) atoms. The van der Waals surface area contributed by atoms with Gasteiger partial charge >= 0.3 is 12.3 Å². The molecule has 0 atom stereocenters. The second-order valence-electron chi connectivity index (χ2n) is 1.14. The van der Waals surface area contributed by atoms with E-state index in [9.17, 15) is 22.0 Å². The third kappa shape index (κ3) is 6.97. The largest absolute Gasteiger partial charge is 0.483 e. The Bertz CT molecular complexity index is 101. The maximum Gasteiger partial charge on any atom is 0.482 e. The number of halogens is 5. The van der Waals surface area contributed by atoms with Gasteiger partial charge in [-0.05, 0) is 0 Å². The van der Waals surface area contributed by atoms with Crippen LogP contribution in [0.3, 0.4) is 0 Å². The number of carboxylic acid groups (broad SMARTS) is 1. The van der Waals surface area contributed by atoms with E-state index >= 15 is 0 Å². The SMILES string of the molecule is O=CO.OC(F)(F)C(F)(F)F. The molecule has 0 heterocycles. The standard InChI is InChI=1S/C2HF5O.CH2O2/c3-1(4,5)2(6,7)8;2-1-3/h8H;1H,(H,2,3). The minimum Gasteiger partial charge on any atom is -0.483 e. The van der Waals surface area contributed by atoms with Crippen molar-refractivity contribution in [1.29, 1.82) is 0 Å². The van der Waals surface area contributed by atoms with E-state index in [1.165, 1.54) is 0 Å². The first-order valence-electron chi connectivity index (χ1n) is 1.91. The van der Waals surface area contributed by atoms with Gasteiger partial charge in [0.2, 0.25) is 0 Å². The molecule has 0 spiro atoms. The Labute approximate surface area is 57.1 Å². The maximum atomic E-state index is 10.7. The lowest BCUT2D eigenvalue weighted by Gasteiger charge is -2.10. The van der Waals surface area contributed by atoms with Gasteiger partial charge in [0, 0.05) is 0 Å². The Morgan fingerprint density at radius 2 is 1.18 bits per heavy atom. The minimum absolute atomic E-state index is 0.250. The van der Waals surface area contributed by atoms with Gasteiger partial charge in [0.25, 0.3) is 6.47 Å². The van der Waals surface area contributed by atoms with Crippen LogP contribution in [0.25, 0.3) is 0 Å². The lowest BCUT2D eigenvalue weighted by molar-refractivity contribution is -0.374. The number of carbonyl (C=O) groups is 1.